The Morgan fingerprint density at radius 1 is 1.32 bits per heavy atom. The van der Waals surface area contributed by atoms with Gasteiger partial charge in [0, 0.05) is 22.6 Å². The summed E-state index contributed by atoms with van der Waals surface area (Å²) in [6, 6.07) is 6.79. The Morgan fingerprint density at radius 2 is 2.14 bits per heavy atom. The summed E-state index contributed by atoms with van der Waals surface area (Å²) in [6.07, 6.45) is 2.03. The second kappa shape index (κ2) is 6.37. The lowest BCUT2D eigenvalue weighted by Gasteiger charge is -1.99. The maximum atomic E-state index is 11.0. The minimum atomic E-state index is -0.482. The number of rotatable bonds is 4. The average Bonchev–Trinajstić information content (AvgIpc) is 3.15. The molecule has 0 aliphatic heterocycles. The number of nitrogens with zero attached hydrogens (tertiary/aromatic N) is 2. The van der Waals surface area contributed by atoms with Crippen molar-refractivity contribution in [3.8, 4) is 21.8 Å². The van der Waals surface area contributed by atoms with E-state index < -0.39 is 4.92 Å². The Hall–Kier alpha value is -1.41. The van der Waals surface area contributed by atoms with E-state index >= 15 is 0 Å². The lowest BCUT2D eigenvalue weighted by molar-refractivity contribution is -0.384. The third kappa shape index (κ3) is 2.89. The van der Waals surface area contributed by atoms with Crippen LogP contribution in [0, 0.1) is 10.1 Å². The summed E-state index contributed by atoms with van der Waals surface area (Å²) >= 11 is 10.7. The molecule has 0 unspecified atom stereocenters. The zero-order valence-electron chi connectivity index (χ0n) is 11.3. The van der Waals surface area contributed by atoms with Crippen molar-refractivity contribution in [3.05, 3.63) is 50.2 Å². The molecule has 0 aliphatic rings. The maximum absolute atomic E-state index is 11.0. The number of hydrogen-bond acceptors (Lipinski definition) is 6. The van der Waals surface area contributed by atoms with Gasteiger partial charge in [-0.15, -0.1) is 34.4 Å². The van der Waals surface area contributed by atoms with Crippen LogP contribution in [-0.4, -0.2) is 16.2 Å². The number of nitro groups is 1. The first kappa shape index (κ1) is 15.5. The Labute approximate surface area is 143 Å². The van der Waals surface area contributed by atoms with Gasteiger partial charge in [0.1, 0.15) is 10.0 Å². The number of hydrogen-bond donors (Lipinski definition) is 0. The molecule has 0 aliphatic carbocycles. The highest BCUT2D eigenvalue weighted by Crippen LogP contribution is 2.38. The second-order valence-electron chi connectivity index (χ2n) is 4.29. The standard InChI is InChI=1S/C14H9ClN2O2S3/c1-20-14-9(4-5-21-14)13-16-11(7-22-13)8-2-3-10(15)12(6-8)17(18)19/h2-7H,1H3. The summed E-state index contributed by atoms with van der Waals surface area (Å²) in [6.45, 7) is 0. The second-order valence-corrected chi connectivity index (χ2v) is 7.54. The van der Waals surface area contributed by atoms with E-state index in [0.29, 0.717) is 5.56 Å². The quantitative estimate of drug-likeness (QED) is 0.330. The smallest absolute Gasteiger partial charge is 0.258 e. The predicted octanol–water partition coefficient (Wildman–Crippen LogP) is 5.82. The van der Waals surface area contributed by atoms with Crippen molar-refractivity contribution < 1.29 is 4.92 Å². The van der Waals surface area contributed by atoms with Gasteiger partial charge < -0.3 is 0 Å². The minimum Gasteiger partial charge on any atom is -0.258 e. The van der Waals surface area contributed by atoms with Gasteiger partial charge in [-0.25, -0.2) is 4.98 Å². The van der Waals surface area contributed by atoms with Crippen LogP contribution < -0.4 is 0 Å². The third-order valence-corrected chi connectivity index (χ3v) is 6.27. The molecule has 0 bridgehead atoms. The van der Waals surface area contributed by atoms with Crippen LogP contribution in [0.4, 0.5) is 5.69 Å². The first-order valence-electron chi connectivity index (χ1n) is 6.12. The van der Waals surface area contributed by atoms with E-state index in [2.05, 4.69) is 4.98 Å². The first-order chi connectivity index (χ1) is 10.6. The lowest BCUT2D eigenvalue weighted by Crippen LogP contribution is -1.90. The fourth-order valence-electron chi connectivity index (χ4n) is 1.95. The molecule has 0 atom stereocenters. The summed E-state index contributed by atoms with van der Waals surface area (Å²) in [5, 5.41) is 16.0. The maximum Gasteiger partial charge on any atom is 0.288 e. The topological polar surface area (TPSA) is 56.0 Å². The molecule has 0 fully saturated rings. The highest BCUT2D eigenvalue weighted by molar-refractivity contribution is 8.00. The Balaban J connectivity index is 2.01. The van der Waals surface area contributed by atoms with E-state index in [9.17, 15) is 10.1 Å². The van der Waals surface area contributed by atoms with Crippen molar-refractivity contribution >= 4 is 51.7 Å². The van der Waals surface area contributed by atoms with E-state index in [1.54, 1.807) is 29.2 Å². The van der Waals surface area contributed by atoms with Crippen LogP contribution in [0.15, 0.2) is 39.2 Å². The van der Waals surface area contributed by atoms with E-state index in [1.807, 2.05) is 23.1 Å². The summed E-state index contributed by atoms with van der Waals surface area (Å²) in [5.74, 6) is 0. The van der Waals surface area contributed by atoms with E-state index in [0.717, 1.165) is 16.3 Å². The molecular weight excluding hydrogens is 360 g/mol. The van der Waals surface area contributed by atoms with Gasteiger partial charge in [0.25, 0.3) is 5.69 Å². The van der Waals surface area contributed by atoms with Crippen molar-refractivity contribution in [2.75, 3.05) is 6.26 Å². The number of aromatic nitrogens is 1. The zero-order valence-corrected chi connectivity index (χ0v) is 14.5. The van der Waals surface area contributed by atoms with E-state index in [1.165, 1.54) is 27.7 Å². The van der Waals surface area contributed by atoms with Crippen LogP contribution in [-0.2, 0) is 0 Å². The van der Waals surface area contributed by atoms with Crippen molar-refractivity contribution in [1.82, 2.24) is 4.98 Å². The molecule has 1 aromatic carbocycles. The number of thiophene rings is 1. The SMILES string of the molecule is CSc1sccc1-c1nc(-c2ccc(Cl)c([N+](=O)[O-])c2)cs1. The van der Waals surface area contributed by atoms with Gasteiger partial charge in [-0.05, 0) is 23.8 Å². The largest absolute Gasteiger partial charge is 0.288 e. The molecule has 22 heavy (non-hydrogen) atoms. The molecule has 2 heterocycles. The van der Waals surface area contributed by atoms with Crippen LogP contribution in [0.25, 0.3) is 21.8 Å². The van der Waals surface area contributed by atoms with Crippen LogP contribution in [0.2, 0.25) is 5.02 Å². The number of thioether (sulfide) groups is 1. The van der Waals surface area contributed by atoms with E-state index in [-0.39, 0.29) is 10.7 Å². The number of thiazole rings is 1. The molecule has 8 heteroatoms. The lowest BCUT2D eigenvalue weighted by atomic mass is 10.1. The van der Waals surface area contributed by atoms with Gasteiger partial charge in [-0.3, -0.25) is 10.1 Å². The molecule has 2 aromatic heterocycles. The van der Waals surface area contributed by atoms with Crippen molar-refractivity contribution in [2.45, 2.75) is 4.21 Å². The normalized spacial score (nSPS) is 10.8. The number of benzene rings is 1. The number of halogens is 1. The van der Waals surface area contributed by atoms with Crippen LogP contribution in [0.1, 0.15) is 0 Å². The molecule has 3 aromatic rings. The van der Waals surface area contributed by atoms with E-state index in [4.69, 9.17) is 11.6 Å². The predicted molar refractivity (Wildman–Crippen MR) is 94.3 cm³/mol. The van der Waals surface area contributed by atoms with Gasteiger partial charge in [-0.1, -0.05) is 17.7 Å². The molecule has 0 saturated carbocycles. The third-order valence-electron chi connectivity index (χ3n) is 2.99. The summed E-state index contributed by atoms with van der Waals surface area (Å²) in [4.78, 5) is 15.1. The summed E-state index contributed by atoms with van der Waals surface area (Å²) in [5.41, 5.74) is 2.42. The molecule has 0 radical (unpaired) electrons. The molecule has 112 valence electrons. The highest BCUT2D eigenvalue weighted by Gasteiger charge is 2.16. The van der Waals surface area contributed by atoms with Gasteiger partial charge in [0.05, 0.1) is 14.8 Å². The molecule has 0 saturated heterocycles. The fraction of sp³-hybridized carbons (Fsp3) is 0.0714. The van der Waals surface area contributed by atoms with Gasteiger partial charge in [-0.2, -0.15) is 0 Å². The molecule has 0 N–H and O–H groups in total. The van der Waals surface area contributed by atoms with Crippen molar-refractivity contribution in [3.63, 3.8) is 0 Å². The van der Waals surface area contributed by atoms with Crippen LogP contribution in [0.3, 0.4) is 0 Å². The van der Waals surface area contributed by atoms with Gasteiger partial charge in [0.2, 0.25) is 0 Å². The molecular formula is C14H9ClN2O2S3. The van der Waals surface area contributed by atoms with Crippen LogP contribution in [0.5, 0.6) is 0 Å². The Kier molecular flexibility index (Phi) is 4.49. The Bertz CT molecular complexity index is 844. The summed E-state index contributed by atoms with van der Waals surface area (Å²) in [7, 11) is 0. The molecule has 3 rings (SSSR count). The summed E-state index contributed by atoms with van der Waals surface area (Å²) < 4.78 is 1.21. The van der Waals surface area contributed by atoms with Crippen molar-refractivity contribution in [1.29, 1.82) is 0 Å². The minimum absolute atomic E-state index is 0.103. The molecule has 0 amide bonds. The monoisotopic (exact) mass is 368 g/mol. The first-order valence-corrected chi connectivity index (χ1v) is 9.48. The molecule has 0 spiro atoms. The fourth-order valence-corrected chi connectivity index (χ4v) is 4.69. The van der Waals surface area contributed by atoms with Gasteiger partial charge >= 0.3 is 0 Å². The average molecular weight is 369 g/mol. The molecule has 4 nitrogen and oxygen atoms in total. The zero-order chi connectivity index (χ0) is 15.7. The number of nitro benzene ring substituents is 1. The highest BCUT2D eigenvalue weighted by atomic mass is 35.5. The van der Waals surface area contributed by atoms with Gasteiger partial charge in [0.15, 0.2) is 0 Å². The Morgan fingerprint density at radius 3 is 2.86 bits per heavy atom. The van der Waals surface area contributed by atoms with Crippen molar-refractivity contribution in [2.24, 2.45) is 0 Å². The van der Waals surface area contributed by atoms with Crippen LogP contribution >= 0.6 is 46.0 Å².